The molecule has 7 heteroatoms. The third-order valence-electron chi connectivity index (χ3n) is 4.55. The highest BCUT2D eigenvalue weighted by Crippen LogP contribution is 2.18. The zero-order chi connectivity index (χ0) is 15.4. The van der Waals surface area contributed by atoms with Gasteiger partial charge in [-0.15, -0.1) is 0 Å². The van der Waals surface area contributed by atoms with Crippen molar-refractivity contribution in [1.82, 2.24) is 24.6 Å². The van der Waals surface area contributed by atoms with Crippen molar-refractivity contribution in [1.29, 1.82) is 0 Å². The Balaban J connectivity index is 1.57. The van der Waals surface area contributed by atoms with E-state index in [4.69, 9.17) is 4.74 Å². The molecule has 0 aromatic carbocycles. The Kier molecular flexibility index (Phi) is 5.04. The van der Waals surface area contributed by atoms with Gasteiger partial charge in [0.05, 0.1) is 25.8 Å². The molecule has 1 aromatic heterocycles. The molecule has 22 heavy (non-hydrogen) atoms. The Morgan fingerprint density at radius 2 is 2.27 bits per heavy atom. The third-order valence-corrected chi connectivity index (χ3v) is 4.55. The van der Waals surface area contributed by atoms with Crippen LogP contribution in [-0.4, -0.2) is 75.4 Å². The number of morpholine rings is 1. The van der Waals surface area contributed by atoms with Crippen LogP contribution < -0.4 is 0 Å². The molecule has 2 aliphatic heterocycles. The van der Waals surface area contributed by atoms with Gasteiger partial charge in [0.2, 0.25) is 5.91 Å². The SMILES string of the molecule is CC1CN(C(=O)CN2CCCCC2Cn2cncn2)CCO1. The van der Waals surface area contributed by atoms with Gasteiger partial charge in [-0.2, -0.15) is 5.10 Å². The molecule has 0 aliphatic carbocycles. The number of rotatable bonds is 4. The Hall–Kier alpha value is -1.47. The summed E-state index contributed by atoms with van der Waals surface area (Å²) < 4.78 is 7.38. The zero-order valence-electron chi connectivity index (χ0n) is 13.2. The Labute approximate surface area is 131 Å². The average Bonchev–Trinajstić information content (AvgIpc) is 3.02. The highest BCUT2D eigenvalue weighted by atomic mass is 16.5. The predicted molar refractivity (Wildman–Crippen MR) is 81.2 cm³/mol. The maximum absolute atomic E-state index is 12.6. The van der Waals surface area contributed by atoms with Crippen molar-refractivity contribution in [2.45, 2.75) is 44.9 Å². The first-order valence-electron chi connectivity index (χ1n) is 8.18. The van der Waals surface area contributed by atoms with Gasteiger partial charge in [0.1, 0.15) is 12.7 Å². The number of hydrogen-bond acceptors (Lipinski definition) is 5. The van der Waals surface area contributed by atoms with Gasteiger partial charge in [-0.1, -0.05) is 6.42 Å². The van der Waals surface area contributed by atoms with Crippen molar-refractivity contribution >= 4 is 5.91 Å². The maximum Gasteiger partial charge on any atom is 0.236 e. The van der Waals surface area contributed by atoms with Gasteiger partial charge in [0, 0.05) is 19.1 Å². The number of carbonyl (C=O) groups is 1. The molecule has 1 amide bonds. The summed E-state index contributed by atoms with van der Waals surface area (Å²) in [4.78, 5) is 20.8. The van der Waals surface area contributed by atoms with Crippen molar-refractivity contribution in [3.8, 4) is 0 Å². The van der Waals surface area contributed by atoms with Gasteiger partial charge in [-0.25, -0.2) is 4.98 Å². The summed E-state index contributed by atoms with van der Waals surface area (Å²) in [5, 5.41) is 4.19. The minimum atomic E-state index is 0.144. The summed E-state index contributed by atoms with van der Waals surface area (Å²) in [7, 11) is 0. The fourth-order valence-electron chi connectivity index (χ4n) is 3.34. The summed E-state index contributed by atoms with van der Waals surface area (Å²) in [6.07, 6.45) is 6.96. The molecule has 0 spiro atoms. The molecule has 2 saturated heterocycles. The summed E-state index contributed by atoms with van der Waals surface area (Å²) in [6, 6.07) is 0.373. The van der Waals surface area contributed by atoms with Crippen LogP contribution in [0.3, 0.4) is 0 Å². The lowest BCUT2D eigenvalue weighted by Gasteiger charge is -2.37. The van der Waals surface area contributed by atoms with Crippen LogP contribution in [0.4, 0.5) is 0 Å². The van der Waals surface area contributed by atoms with E-state index in [0.717, 1.165) is 19.5 Å². The molecule has 2 fully saturated rings. The molecule has 1 aromatic rings. The van der Waals surface area contributed by atoms with Gasteiger partial charge in [0.15, 0.2) is 0 Å². The zero-order valence-corrected chi connectivity index (χ0v) is 13.2. The van der Waals surface area contributed by atoms with Crippen molar-refractivity contribution in [3.05, 3.63) is 12.7 Å². The number of piperidine rings is 1. The van der Waals surface area contributed by atoms with E-state index in [1.165, 1.54) is 12.8 Å². The minimum Gasteiger partial charge on any atom is -0.375 e. The lowest BCUT2D eigenvalue weighted by molar-refractivity contribution is -0.140. The van der Waals surface area contributed by atoms with E-state index >= 15 is 0 Å². The summed E-state index contributed by atoms with van der Waals surface area (Å²) >= 11 is 0. The van der Waals surface area contributed by atoms with Crippen LogP contribution in [0.25, 0.3) is 0 Å². The number of ether oxygens (including phenoxy) is 1. The highest BCUT2D eigenvalue weighted by Gasteiger charge is 2.28. The Bertz CT molecular complexity index is 478. The van der Waals surface area contributed by atoms with Crippen LogP contribution in [0.5, 0.6) is 0 Å². The molecule has 0 bridgehead atoms. The molecule has 2 unspecified atom stereocenters. The number of nitrogens with zero attached hydrogens (tertiary/aromatic N) is 5. The molecule has 0 radical (unpaired) electrons. The third kappa shape index (κ3) is 3.84. The summed E-state index contributed by atoms with van der Waals surface area (Å²) in [5.41, 5.74) is 0. The first-order chi connectivity index (χ1) is 10.7. The van der Waals surface area contributed by atoms with Crippen molar-refractivity contribution in [2.24, 2.45) is 0 Å². The molecule has 3 heterocycles. The molecule has 0 N–H and O–H groups in total. The normalized spacial score (nSPS) is 27.0. The number of carbonyl (C=O) groups excluding carboxylic acids is 1. The van der Waals surface area contributed by atoms with Gasteiger partial charge in [-0.05, 0) is 26.3 Å². The number of amides is 1. The van der Waals surface area contributed by atoms with E-state index in [-0.39, 0.29) is 12.0 Å². The number of likely N-dealkylation sites (tertiary alicyclic amines) is 1. The fraction of sp³-hybridized carbons (Fsp3) is 0.800. The predicted octanol–water partition coefficient (Wildman–Crippen LogP) is 0.380. The molecule has 2 atom stereocenters. The van der Waals surface area contributed by atoms with Gasteiger partial charge < -0.3 is 9.64 Å². The fourth-order valence-corrected chi connectivity index (χ4v) is 3.34. The van der Waals surface area contributed by atoms with Crippen LogP contribution in [0.15, 0.2) is 12.7 Å². The molecule has 7 nitrogen and oxygen atoms in total. The first kappa shape index (κ1) is 15.4. The monoisotopic (exact) mass is 307 g/mol. The van der Waals surface area contributed by atoms with Crippen LogP contribution in [0, 0.1) is 0 Å². The largest absolute Gasteiger partial charge is 0.375 e. The van der Waals surface area contributed by atoms with Crippen molar-refractivity contribution in [3.63, 3.8) is 0 Å². The summed E-state index contributed by atoms with van der Waals surface area (Å²) in [5.74, 6) is 0.223. The maximum atomic E-state index is 12.6. The Morgan fingerprint density at radius 1 is 1.36 bits per heavy atom. The smallest absolute Gasteiger partial charge is 0.236 e. The molecule has 2 aliphatic rings. The quantitative estimate of drug-likeness (QED) is 0.805. The number of aromatic nitrogens is 3. The van der Waals surface area contributed by atoms with Crippen molar-refractivity contribution in [2.75, 3.05) is 32.8 Å². The standard InChI is InChI=1S/C15H25N5O2/c1-13-8-19(6-7-22-13)15(21)10-18-5-3-2-4-14(18)9-20-12-16-11-17-20/h11-14H,2-10H2,1H3. The second-order valence-electron chi connectivity index (χ2n) is 6.26. The van der Waals surface area contributed by atoms with E-state index in [2.05, 4.69) is 15.0 Å². The highest BCUT2D eigenvalue weighted by molar-refractivity contribution is 5.78. The molecule has 122 valence electrons. The van der Waals surface area contributed by atoms with Crippen LogP contribution in [0.2, 0.25) is 0 Å². The van der Waals surface area contributed by atoms with Gasteiger partial charge in [0.25, 0.3) is 0 Å². The second-order valence-corrected chi connectivity index (χ2v) is 6.26. The summed E-state index contributed by atoms with van der Waals surface area (Å²) in [6.45, 7) is 6.40. The number of hydrogen-bond donors (Lipinski definition) is 0. The molecule has 3 rings (SSSR count). The van der Waals surface area contributed by atoms with E-state index in [1.54, 1.807) is 12.7 Å². The van der Waals surface area contributed by atoms with Gasteiger partial charge in [-0.3, -0.25) is 14.4 Å². The van der Waals surface area contributed by atoms with Crippen LogP contribution >= 0.6 is 0 Å². The molecular weight excluding hydrogens is 282 g/mol. The van der Waals surface area contributed by atoms with Gasteiger partial charge >= 0.3 is 0 Å². The molecular formula is C15H25N5O2. The minimum absolute atomic E-state index is 0.144. The second kappa shape index (κ2) is 7.19. The average molecular weight is 307 g/mol. The van der Waals surface area contributed by atoms with E-state index in [0.29, 0.717) is 32.3 Å². The lowest BCUT2D eigenvalue weighted by Crippen LogP contribution is -2.51. The van der Waals surface area contributed by atoms with E-state index < -0.39 is 0 Å². The first-order valence-corrected chi connectivity index (χ1v) is 8.18. The topological polar surface area (TPSA) is 63.5 Å². The van der Waals surface area contributed by atoms with Crippen LogP contribution in [-0.2, 0) is 16.1 Å². The Morgan fingerprint density at radius 3 is 3.05 bits per heavy atom. The lowest BCUT2D eigenvalue weighted by atomic mass is 10.0. The van der Waals surface area contributed by atoms with Crippen LogP contribution in [0.1, 0.15) is 26.2 Å². The van der Waals surface area contributed by atoms with E-state index in [1.807, 2.05) is 16.5 Å². The van der Waals surface area contributed by atoms with Crippen molar-refractivity contribution < 1.29 is 9.53 Å². The van der Waals surface area contributed by atoms with E-state index in [9.17, 15) is 4.79 Å². The molecule has 0 saturated carbocycles.